The highest BCUT2D eigenvalue weighted by atomic mass is 35.5. The predicted molar refractivity (Wildman–Crippen MR) is 122 cm³/mol. The summed E-state index contributed by atoms with van der Waals surface area (Å²) in [5.41, 5.74) is 3.61. The summed E-state index contributed by atoms with van der Waals surface area (Å²) >= 11 is 6.16. The summed E-state index contributed by atoms with van der Waals surface area (Å²) in [4.78, 5) is 12.1. The third-order valence-corrected chi connectivity index (χ3v) is 6.70. The van der Waals surface area contributed by atoms with E-state index in [1.807, 2.05) is 24.4 Å². The quantitative estimate of drug-likeness (QED) is 0.788. The van der Waals surface area contributed by atoms with E-state index in [4.69, 9.17) is 26.3 Å². The summed E-state index contributed by atoms with van der Waals surface area (Å²) in [6.45, 7) is 6.02. The molecule has 30 heavy (non-hydrogen) atoms. The van der Waals surface area contributed by atoms with Crippen LogP contribution in [0.25, 0.3) is 0 Å². The molecule has 3 aliphatic rings. The van der Waals surface area contributed by atoms with E-state index in [2.05, 4.69) is 27.7 Å². The number of aliphatic imine (C=N–C) groups is 1. The first-order valence-electron chi connectivity index (χ1n) is 10.8. The molecule has 0 atom stereocenters. The van der Waals surface area contributed by atoms with Crippen molar-refractivity contribution in [3.05, 3.63) is 52.7 Å². The number of nitrogens with zero attached hydrogens (tertiary/aromatic N) is 3. The average molecular weight is 426 g/mol. The first-order valence-corrected chi connectivity index (χ1v) is 11.2. The van der Waals surface area contributed by atoms with Gasteiger partial charge in [0.05, 0.1) is 31.6 Å². The van der Waals surface area contributed by atoms with Crippen LogP contribution in [0.1, 0.15) is 24.0 Å². The minimum Gasteiger partial charge on any atom is -0.378 e. The van der Waals surface area contributed by atoms with Crippen molar-refractivity contribution in [2.75, 3.05) is 49.6 Å². The van der Waals surface area contributed by atoms with Crippen LogP contribution >= 0.6 is 11.6 Å². The van der Waals surface area contributed by atoms with Gasteiger partial charge < -0.3 is 20.3 Å². The molecular formula is C23H28ClN5O. The lowest BCUT2D eigenvalue weighted by atomic mass is 9.71. The molecule has 1 aromatic heterocycles. The van der Waals surface area contributed by atoms with E-state index in [1.165, 1.54) is 5.56 Å². The van der Waals surface area contributed by atoms with E-state index < -0.39 is 0 Å². The zero-order valence-electron chi connectivity index (χ0n) is 17.2. The van der Waals surface area contributed by atoms with Gasteiger partial charge in [0.2, 0.25) is 0 Å². The molecule has 0 amide bonds. The second kappa shape index (κ2) is 8.53. The van der Waals surface area contributed by atoms with E-state index in [0.717, 1.165) is 86.6 Å². The minimum absolute atomic E-state index is 0.0560. The molecule has 7 heteroatoms. The Morgan fingerprint density at radius 3 is 2.80 bits per heavy atom. The molecule has 0 radical (unpaired) electrons. The van der Waals surface area contributed by atoms with E-state index in [0.29, 0.717) is 6.54 Å². The molecule has 4 heterocycles. The van der Waals surface area contributed by atoms with Crippen LogP contribution in [0, 0.1) is 5.41 Å². The van der Waals surface area contributed by atoms with Gasteiger partial charge in [-0.3, -0.25) is 4.99 Å². The fraction of sp³-hybridized carbons (Fsp3) is 0.478. The summed E-state index contributed by atoms with van der Waals surface area (Å²) in [6.07, 6.45) is 5.15. The van der Waals surface area contributed by atoms with E-state index in [9.17, 15) is 0 Å². The standard InChI is InChI=1S/C23H28ClN5O/c24-19-3-1-2-17(12-19)15-27-22-23(4-6-25-7-5-23)14-18-13-21(26-16-20(18)28-22)29-8-10-30-11-9-29/h1-3,12-13,16,25H,4-11,14-15H2,(H,27,28). The number of anilines is 2. The molecule has 1 aromatic carbocycles. The number of fused-ring (bicyclic) bond motifs is 1. The molecule has 2 aromatic rings. The van der Waals surface area contributed by atoms with Gasteiger partial charge in [-0.25, -0.2) is 4.98 Å². The van der Waals surface area contributed by atoms with Crippen LogP contribution in [0.5, 0.6) is 0 Å². The average Bonchev–Trinajstić information content (AvgIpc) is 2.78. The van der Waals surface area contributed by atoms with Crippen molar-refractivity contribution < 1.29 is 4.74 Å². The van der Waals surface area contributed by atoms with Gasteiger partial charge in [0.25, 0.3) is 0 Å². The Labute approximate surface area is 182 Å². The Hall–Kier alpha value is -2.15. The van der Waals surface area contributed by atoms with Crippen molar-refractivity contribution in [1.82, 2.24) is 10.3 Å². The number of nitrogens with one attached hydrogen (secondary N) is 2. The lowest BCUT2D eigenvalue weighted by Crippen LogP contribution is -2.49. The van der Waals surface area contributed by atoms with Crippen LogP contribution in [0.4, 0.5) is 11.5 Å². The SMILES string of the molecule is Clc1cccc(CN=C2Nc3cnc(N4CCOCC4)cc3CC23CCNCC3)c1. The Morgan fingerprint density at radius 1 is 1.17 bits per heavy atom. The molecular weight excluding hydrogens is 398 g/mol. The Morgan fingerprint density at radius 2 is 2.00 bits per heavy atom. The maximum atomic E-state index is 6.16. The van der Waals surface area contributed by atoms with Gasteiger partial charge in [-0.15, -0.1) is 0 Å². The molecule has 158 valence electrons. The summed E-state index contributed by atoms with van der Waals surface area (Å²) in [5, 5.41) is 7.92. The van der Waals surface area contributed by atoms with Crippen LogP contribution in [0.3, 0.4) is 0 Å². The van der Waals surface area contributed by atoms with Gasteiger partial charge in [-0.2, -0.15) is 0 Å². The molecule has 2 saturated heterocycles. The van der Waals surface area contributed by atoms with Crippen molar-refractivity contribution in [1.29, 1.82) is 0 Å². The summed E-state index contributed by atoms with van der Waals surface area (Å²) < 4.78 is 5.50. The molecule has 3 aliphatic heterocycles. The molecule has 0 saturated carbocycles. The third-order valence-electron chi connectivity index (χ3n) is 6.46. The highest BCUT2D eigenvalue weighted by Crippen LogP contribution is 2.41. The molecule has 0 bridgehead atoms. The second-order valence-corrected chi connectivity index (χ2v) is 8.86. The number of amidine groups is 1. The predicted octanol–water partition coefficient (Wildman–Crippen LogP) is 3.51. The van der Waals surface area contributed by atoms with Crippen molar-refractivity contribution in [2.24, 2.45) is 10.4 Å². The number of pyridine rings is 1. The molecule has 2 fully saturated rings. The molecule has 2 N–H and O–H groups in total. The van der Waals surface area contributed by atoms with Crippen LogP contribution in [-0.2, 0) is 17.7 Å². The number of rotatable bonds is 3. The zero-order valence-corrected chi connectivity index (χ0v) is 17.9. The summed E-state index contributed by atoms with van der Waals surface area (Å²) in [5.74, 6) is 2.15. The largest absolute Gasteiger partial charge is 0.378 e. The Kier molecular flexibility index (Phi) is 5.63. The van der Waals surface area contributed by atoms with Gasteiger partial charge in [0, 0.05) is 23.5 Å². The van der Waals surface area contributed by atoms with Crippen molar-refractivity contribution >= 4 is 28.9 Å². The number of ether oxygens (including phenoxy) is 1. The molecule has 0 unspecified atom stereocenters. The lowest BCUT2D eigenvalue weighted by molar-refractivity contribution is 0.122. The number of morpholine rings is 1. The normalized spacial score (nSPS) is 22.0. The van der Waals surface area contributed by atoms with Crippen LogP contribution in [-0.4, -0.2) is 50.2 Å². The monoisotopic (exact) mass is 425 g/mol. The van der Waals surface area contributed by atoms with Gasteiger partial charge in [0.1, 0.15) is 11.7 Å². The number of benzene rings is 1. The van der Waals surface area contributed by atoms with Gasteiger partial charge >= 0.3 is 0 Å². The number of halogens is 1. The first kappa shape index (κ1) is 19.8. The van der Waals surface area contributed by atoms with E-state index in [1.54, 1.807) is 0 Å². The fourth-order valence-corrected chi connectivity index (χ4v) is 4.96. The second-order valence-electron chi connectivity index (χ2n) is 8.43. The molecule has 6 nitrogen and oxygen atoms in total. The number of piperidine rings is 1. The van der Waals surface area contributed by atoms with Crippen LogP contribution < -0.4 is 15.5 Å². The van der Waals surface area contributed by atoms with Gasteiger partial charge in [0.15, 0.2) is 0 Å². The zero-order chi connectivity index (χ0) is 20.4. The number of hydrogen-bond acceptors (Lipinski definition) is 5. The Bertz CT molecular complexity index is 935. The lowest BCUT2D eigenvalue weighted by Gasteiger charge is -2.43. The van der Waals surface area contributed by atoms with Crippen molar-refractivity contribution in [3.8, 4) is 0 Å². The van der Waals surface area contributed by atoms with Gasteiger partial charge in [-0.05, 0) is 61.7 Å². The van der Waals surface area contributed by atoms with Gasteiger partial charge in [-0.1, -0.05) is 23.7 Å². The van der Waals surface area contributed by atoms with E-state index in [-0.39, 0.29) is 5.41 Å². The highest BCUT2D eigenvalue weighted by Gasteiger charge is 2.41. The molecule has 0 aliphatic carbocycles. The van der Waals surface area contributed by atoms with Crippen LogP contribution in [0.15, 0.2) is 41.5 Å². The van der Waals surface area contributed by atoms with E-state index >= 15 is 0 Å². The number of aromatic nitrogens is 1. The fourth-order valence-electron chi connectivity index (χ4n) is 4.75. The van der Waals surface area contributed by atoms with Crippen molar-refractivity contribution in [2.45, 2.75) is 25.8 Å². The molecule has 1 spiro atoms. The number of hydrogen-bond donors (Lipinski definition) is 2. The molecule has 5 rings (SSSR count). The maximum absolute atomic E-state index is 6.16. The maximum Gasteiger partial charge on any atom is 0.129 e. The van der Waals surface area contributed by atoms with Crippen LogP contribution in [0.2, 0.25) is 5.02 Å². The topological polar surface area (TPSA) is 61.8 Å². The first-order chi connectivity index (χ1) is 14.7. The minimum atomic E-state index is 0.0560. The Balaban J connectivity index is 1.44. The highest BCUT2D eigenvalue weighted by molar-refractivity contribution is 6.30. The summed E-state index contributed by atoms with van der Waals surface area (Å²) in [6, 6.07) is 10.2. The van der Waals surface area contributed by atoms with Crippen molar-refractivity contribution in [3.63, 3.8) is 0 Å². The summed E-state index contributed by atoms with van der Waals surface area (Å²) in [7, 11) is 0. The third kappa shape index (κ3) is 4.04. The smallest absolute Gasteiger partial charge is 0.129 e.